The fraction of sp³-hybridized carbons (Fsp3) is 0.323. The van der Waals surface area contributed by atoms with Crippen molar-refractivity contribution in [2.45, 2.75) is 37.2 Å². The summed E-state index contributed by atoms with van der Waals surface area (Å²) in [6, 6.07) is 16.1. The number of H-pyrrole nitrogens is 1. The predicted octanol–water partition coefficient (Wildman–Crippen LogP) is 4.75. The molecule has 0 saturated carbocycles. The number of aromatic nitrogens is 4. The molecule has 12 heteroatoms. The summed E-state index contributed by atoms with van der Waals surface area (Å²) in [5.41, 5.74) is 3.05. The van der Waals surface area contributed by atoms with Crippen molar-refractivity contribution in [2.24, 2.45) is 0 Å². The van der Waals surface area contributed by atoms with E-state index in [-0.39, 0.29) is 22.3 Å². The highest BCUT2D eigenvalue weighted by Crippen LogP contribution is 2.33. The Kier molecular flexibility index (Phi) is 7.99. The number of likely N-dealkylation sites (N-methyl/N-ethyl adjacent to an activating group) is 1. The van der Waals surface area contributed by atoms with Crippen molar-refractivity contribution in [3.8, 4) is 17.1 Å². The molecule has 5 aromatic rings. The molecule has 1 aliphatic heterocycles. The van der Waals surface area contributed by atoms with Crippen LogP contribution in [-0.2, 0) is 16.6 Å². The molecule has 43 heavy (non-hydrogen) atoms. The minimum absolute atomic E-state index is 0.130. The van der Waals surface area contributed by atoms with E-state index in [0.29, 0.717) is 59.0 Å². The molecule has 2 aromatic heterocycles. The highest BCUT2D eigenvalue weighted by molar-refractivity contribution is 7.89. The molecule has 0 spiro atoms. The fourth-order valence-electron chi connectivity index (χ4n) is 5.42. The summed E-state index contributed by atoms with van der Waals surface area (Å²) >= 11 is 6.03. The van der Waals surface area contributed by atoms with Gasteiger partial charge in [-0.05, 0) is 75.0 Å². The lowest BCUT2D eigenvalue weighted by atomic mass is 10.1. The Hall–Kier alpha value is -3.77. The standard InChI is InChI=1S/C31H33ClN6O4S/c1-4-13-42-29-10-9-23(43(40,41)38-12-11-22(18-38)36(2)3)14-25(29)30-34-26-16-27-28(15-24(26)31(39)35-30)37(19-33-27)17-20-5-7-21(32)8-6-20/h5-10,14-16,19,22H,4,11-13,17-18H2,1-3H3,(H,34,35,39)/t22-/m0/s1. The number of halogens is 1. The minimum atomic E-state index is -3.77. The van der Waals surface area contributed by atoms with Gasteiger partial charge in [0, 0.05) is 30.7 Å². The minimum Gasteiger partial charge on any atom is -0.493 e. The Bertz CT molecular complexity index is 1970. The van der Waals surface area contributed by atoms with Crippen LogP contribution in [-0.4, -0.2) is 77.0 Å². The van der Waals surface area contributed by atoms with E-state index in [1.54, 1.807) is 36.7 Å². The summed E-state index contributed by atoms with van der Waals surface area (Å²) < 4.78 is 36.7. The third-order valence-electron chi connectivity index (χ3n) is 7.88. The van der Waals surface area contributed by atoms with E-state index in [9.17, 15) is 13.2 Å². The van der Waals surface area contributed by atoms with E-state index in [1.807, 2.05) is 54.8 Å². The molecule has 1 saturated heterocycles. The Labute approximate surface area is 254 Å². The molecule has 0 radical (unpaired) electrons. The maximum atomic E-state index is 13.6. The van der Waals surface area contributed by atoms with Gasteiger partial charge in [0.05, 0.1) is 45.3 Å². The number of nitrogens with zero attached hydrogens (tertiary/aromatic N) is 5. The van der Waals surface area contributed by atoms with Crippen molar-refractivity contribution in [1.29, 1.82) is 0 Å². The zero-order chi connectivity index (χ0) is 30.3. The second-order valence-corrected chi connectivity index (χ2v) is 13.4. The largest absolute Gasteiger partial charge is 0.493 e. The summed E-state index contributed by atoms with van der Waals surface area (Å²) in [6.45, 7) is 3.85. The molecule has 0 unspecified atom stereocenters. The number of fused-ring (bicyclic) bond motifs is 2. The number of hydrogen-bond donors (Lipinski definition) is 1. The summed E-state index contributed by atoms with van der Waals surface area (Å²) in [6.07, 6.45) is 3.26. The van der Waals surface area contributed by atoms with Crippen molar-refractivity contribution < 1.29 is 13.2 Å². The SMILES string of the molecule is CCCOc1ccc(S(=O)(=O)N2CC[C@H](N(C)C)C2)cc1-c1nc2cc3ncn(Cc4ccc(Cl)cc4)c3cc2c(=O)[nH]1. The molecule has 10 nitrogen and oxygen atoms in total. The molecule has 0 aliphatic carbocycles. The molecule has 0 bridgehead atoms. The maximum absolute atomic E-state index is 13.6. The molecule has 3 heterocycles. The van der Waals surface area contributed by atoms with Crippen LogP contribution < -0.4 is 10.3 Å². The van der Waals surface area contributed by atoms with Crippen LogP contribution in [0.4, 0.5) is 0 Å². The van der Waals surface area contributed by atoms with Crippen LogP contribution in [0.3, 0.4) is 0 Å². The van der Waals surface area contributed by atoms with Gasteiger partial charge in [0.25, 0.3) is 5.56 Å². The van der Waals surface area contributed by atoms with Crippen molar-refractivity contribution in [2.75, 3.05) is 33.8 Å². The Balaban J connectivity index is 1.40. The molecule has 6 rings (SSSR count). The van der Waals surface area contributed by atoms with E-state index in [4.69, 9.17) is 21.3 Å². The van der Waals surface area contributed by atoms with Gasteiger partial charge in [-0.25, -0.2) is 18.4 Å². The molecule has 3 aromatic carbocycles. The van der Waals surface area contributed by atoms with Crippen LogP contribution in [0.1, 0.15) is 25.3 Å². The summed E-state index contributed by atoms with van der Waals surface area (Å²) in [4.78, 5) is 27.8. The van der Waals surface area contributed by atoms with Crippen LogP contribution >= 0.6 is 11.6 Å². The van der Waals surface area contributed by atoms with Gasteiger partial charge in [-0.1, -0.05) is 30.7 Å². The average molecular weight is 621 g/mol. The number of sulfonamides is 1. The third kappa shape index (κ3) is 5.77. The number of benzene rings is 3. The second-order valence-electron chi connectivity index (χ2n) is 11.0. The van der Waals surface area contributed by atoms with Crippen molar-refractivity contribution in [1.82, 2.24) is 28.7 Å². The molecule has 1 fully saturated rings. The lowest BCUT2D eigenvalue weighted by molar-refractivity contribution is 0.302. The van der Waals surface area contributed by atoms with Gasteiger partial charge >= 0.3 is 0 Å². The normalized spacial score (nSPS) is 16.1. The molecule has 0 amide bonds. The Morgan fingerprint density at radius 3 is 2.60 bits per heavy atom. The van der Waals surface area contributed by atoms with E-state index in [2.05, 4.69) is 9.97 Å². The molecule has 224 valence electrons. The highest BCUT2D eigenvalue weighted by atomic mass is 35.5. The van der Waals surface area contributed by atoms with Gasteiger partial charge in [-0.15, -0.1) is 0 Å². The van der Waals surface area contributed by atoms with Gasteiger partial charge in [-0.3, -0.25) is 4.79 Å². The van der Waals surface area contributed by atoms with Gasteiger partial charge < -0.3 is 19.2 Å². The van der Waals surface area contributed by atoms with Gasteiger partial charge in [0.15, 0.2) is 0 Å². The van der Waals surface area contributed by atoms with Crippen LogP contribution in [0.25, 0.3) is 33.3 Å². The monoisotopic (exact) mass is 620 g/mol. The van der Waals surface area contributed by atoms with Gasteiger partial charge in [0.2, 0.25) is 10.0 Å². The average Bonchev–Trinajstić information content (AvgIpc) is 3.65. The summed E-state index contributed by atoms with van der Waals surface area (Å²) in [5, 5.41) is 1.07. The number of ether oxygens (including phenoxy) is 1. The number of nitrogens with one attached hydrogen (secondary N) is 1. The third-order valence-corrected chi connectivity index (χ3v) is 9.99. The molecule has 1 N–H and O–H groups in total. The first kappa shape index (κ1) is 29.3. The zero-order valence-electron chi connectivity index (χ0n) is 24.2. The Morgan fingerprint density at radius 1 is 1.09 bits per heavy atom. The van der Waals surface area contributed by atoms with Gasteiger partial charge in [0.1, 0.15) is 11.6 Å². The number of imidazole rings is 1. The first-order valence-corrected chi connectivity index (χ1v) is 16.0. The molecular formula is C31H33ClN6O4S. The first-order valence-electron chi connectivity index (χ1n) is 14.2. The summed E-state index contributed by atoms with van der Waals surface area (Å²) in [7, 11) is 0.145. The lowest BCUT2D eigenvalue weighted by Crippen LogP contribution is -2.34. The highest BCUT2D eigenvalue weighted by Gasteiger charge is 2.34. The van der Waals surface area contributed by atoms with Crippen molar-refractivity contribution >= 4 is 43.6 Å². The van der Waals surface area contributed by atoms with E-state index in [0.717, 1.165) is 23.9 Å². The summed E-state index contributed by atoms with van der Waals surface area (Å²) in [5.74, 6) is 0.678. The van der Waals surface area contributed by atoms with Crippen molar-refractivity contribution in [3.63, 3.8) is 0 Å². The maximum Gasteiger partial charge on any atom is 0.259 e. The second kappa shape index (κ2) is 11.7. The van der Waals surface area contributed by atoms with Crippen LogP contribution in [0.5, 0.6) is 5.75 Å². The first-order chi connectivity index (χ1) is 20.6. The quantitative estimate of drug-likeness (QED) is 0.253. The molecule has 1 atom stereocenters. The fourth-order valence-corrected chi connectivity index (χ4v) is 7.07. The zero-order valence-corrected chi connectivity index (χ0v) is 25.8. The van der Waals surface area contributed by atoms with Crippen LogP contribution in [0, 0.1) is 0 Å². The topological polar surface area (TPSA) is 113 Å². The van der Waals surface area contributed by atoms with Crippen LogP contribution in [0.2, 0.25) is 5.02 Å². The Morgan fingerprint density at radius 2 is 1.88 bits per heavy atom. The number of aromatic amines is 1. The number of hydrogen-bond acceptors (Lipinski definition) is 7. The van der Waals surface area contributed by atoms with E-state index >= 15 is 0 Å². The molecular weight excluding hydrogens is 588 g/mol. The van der Waals surface area contributed by atoms with Crippen molar-refractivity contribution in [3.05, 3.63) is 81.9 Å². The van der Waals surface area contributed by atoms with E-state index in [1.165, 1.54) is 4.31 Å². The van der Waals surface area contributed by atoms with Crippen LogP contribution in [0.15, 0.2) is 70.6 Å². The van der Waals surface area contributed by atoms with Gasteiger partial charge in [-0.2, -0.15) is 4.31 Å². The van der Waals surface area contributed by atoms with E-state index < -0.39 is 10.0 Å². The lowest BCUT2D eigenvalue weighted by Gasteiger charge is -2.21. The predicted molar refractivity (Wildman–Crippen MR) is 168 cm³/mol. The smallest absolute Gasteiger partial charge is 0.259 e. The number of rotatable bonds is 9. The molecule has 1 aliphatic rings.